The number of nitrogens with zero attached hydrogens (tertiary/aromatic N) is 2. The fraction of sp³-hybridized carbons (Fsp3) is 0.625. The molecule has 1 saturated heterocycles. The number of rotatable bonds is 2. The van der Waals surface area contributed by atoms with Crippen LogP contribution in [0.15, 0.2) is 17.3 Å². The van der Waals surface area contributed by atoms with E-state index in [4.69, 9.17) is 0 Å². The number of nitrogens with one attached hydrogen (secondary N) is 1. The molecule has 0 aliphatic carbocycles. The van der Waals surface area contributed by atoms with Gasteiger partial charge in [-0.25, -0.2) is 8.42 Å². The Morgan fingerprint density at radius 3 is 3.07 bits per heavy atom. The van der Waals surface area contributed by atoms with Crippen LogP contribution in [0, 0.1) is 0 Å². The lowest BCUT2D eigenvalue weighted by Crippen LogP contribution is -2.44. The third-order valence-corrected chi connectivity index (χ3v) is 5.55. The van der Waals surface area contributed by atoms with Crippen LogP contribution in [0.25, 0.3) is 0 Å². The summed E-state index contributed by atoms with van der Waals surface area (Å²) in [5.74, 6) is 1.72. The van der Waals surface area contributed by atoms with Crippen molar-refractivity contribution in [1.82, 2.24) is 14.5 Å². The summed E-state index contributed by atoms with van der Waals surface area (Å²) in [6, 6.07) is 0.0589. The van der Waals surface area contributed by atoms with Crippen molar-refractivity contribution in [2.24, 2.45) is 0 Å². The van der Waals surface area contributed by atoms with Crippen LogP contribution in [0.5, 0.6) is 0 Å². The summed E-state index contributed by atoms with van der Waals surface area (Å²) in [5, 5.41) is 6.20. The number of sulfonamides is 1. The molecule has 0 amide bonds. The van der Waals surface area contributed by atoms with Crippen molar-refractivity contribution in [3.05, 3.63) is 12.4 Å². The Labute approximate surface area is 93.3 Å². The fourth-order valence-electron chi connectivity index (χ4n) is 1.58. The van der Waals surface area contributed by atoms with E-state index in [1.54, 1.807) is 16.1 Å². The molecule has 1 aromatic heterocycles. The Bertz CT molecular complexity index is 415. The maximum atomic E-state index is 12.1. The van der Waals surface area contributed by atoms with E-state index >= 15 is 0 Å². The fourth-order valence-corrected chi connectivity index (χ4v) is 4.35. The van der Waals surface area contributed by atoms with Crippen molar-refractivity contribution in [3.63, 3.8) is 0 Å². The van der Waals surface area contributed by atoms with Gasteiger partial charge in [-0.2, -0.15) is 21.2 Å². The maximum Gasteiger partial charge on any atom is 0.246 e. The summed E-state index contributed by atoms with van der Waals surface area (Å²) in [5.41, 5.74) is 0. The smallest absolute Gasteiger partial charge is 0.246 e. The minimum absolute atomic E-state index is 0.0589. The summed E-state index contributed by atoms with van der Waals surface area (Å²) in [6.45, 7) is 2.52. The van der Waals surface area contributed by atoms with Gasteiger partial charge in [0.1, 0.15) is 4.90 Å². The Balaban J connectivity index is 2.29. The molecule has 1 aliphatic heterocycles. The Hall–Kier alpha value is -0.530. The Morgan fingerprint density at radius 1 is 1.67 bits per heavy atom. The van der Waals surface area contributed by atoms with Crippen LogP contribution in [0.2, 0.25) is 0 Å². The van der Waals surface area contributed by atoms with Crippen molar-refractivity contribution in [3.8, 4) is 0 Å². The van der Waals surface area contributed by atoms with Crippen LogP contribution in [-0.4, -0.2) is 47.0 Å². The minimum atomic E-state index is -3.34. The van der Waals surface area contributed by atoms with Gasteiger partial charge >= 0.3 is 0 Å². The molecule has 0 radical (unpaired) electrons. The third kappa shape index (κ3) is 2.04. The third-order valence-electron chi connectivity index (χ3n) is 2.39. The average Bonchev–Trinajstić information content (AvgIpc) is 2.71. The SMILES string of the molecule is CC1CSCCN1S(=O)(=O)c1cn[nH]c1. The molecule has 0 saturated carbocycles. The lowest BCUT2D eigenvalue weighted by molar-refractivity contribution is 0.367. The predicted octanol–water partition coefficient (Wildman–Crippen LogP) is 0.536. The zero-order valence-corrected chi connectivity index (χ0v) is 10.0. The quantitative estimate of drug-likeness (QED) is 0.828. The van der Waals surface area contributed by atoms with E-state index in [1.807, 2.05) is 6.92 Å². The average molecular weight is 247 g/mol. The van der Waals surface area contributed by atoms with E-state index in [-0.39, 0.29) is 10.9 Å². The predicted molar refractivity (Wildman–Crippen MR) is 59.3 cm³/mol. The molecule has 15 heavy (non-hydrogen) atoms. The Morgan fingerprint density at radius 2 is 2.47 bits per heavy atom. The highest BCUT2D eigenvalue weighted by molar-refractivity contribution is 7.99. The Kier molecular flexibility index (Phi) is 3.03. The normalized spacial score (nSPS) is 24.2. The van der Waals surface area contributed by atoms with Gasteiger partial charge in [0, 0.05) is 30.3 Å². The first-order valence-electron chi connectivity index (χ1n) is 4.71. The van der Waals surface area contributed by atoms with Crippen LogP contribution in [0.4, 0.5) is 0 Å². The number of hydrogen-bond donors (Lipinski definition) is 1. The number of thioether (sulfide) groups is 1. The second kappa shape index (κ2) is 4.15. The van der Waals surface area contributed by atoms with Crippen LogP contribution in [-0.2, 0) is 10.0 Å². The highest BCUT2D eigenvalue weighted by Crippen LogP contribution is 2.23. The summed E-state index contributed by atoms with van der Waals surface area (Å²) in [7, 11) is -3.34. The molecule has 2 heterocycles. The van der Waals surface area contributed by atoms with E-state index < -0.39 is 10.0 Å². The zero-order valence-electron chi connectivity index (χ0n) is 8.38. The molecule has 0 spiro atoms. The number of aromatic amines is 1. The van der Waals surface area contributed by atoms with Crippen molar-refractivity contribution in [1.29, 1.82) is 0 Å². The van der Waals surface area contributed by atoms with Crippen molar-refractivity contribution >= 4 is 21.8 Å². The molecule has 1 atom stereocenters. The molecule has 1 fully saturated rings. The first-order chi connectivity index (χ1) is 7.12. The molecular weight excluding hydrogens is 234 g/mol. The van der Waals surface area contributed by atoms with Gasteiger partial charge in [-0.15, -0.1) is 0 Å². The van der Waals surface area contributed by atoms with E-state index in [2.05, 4.69) is 10.2 Å². The van der Waals surface area contributed by atoms with E-state index in [1.165, 1.54) is 12.4 Å². The molecule has 0 bridgehead atoms. The highest BCUT2D eigenvalue weighted by atomic mass is 32.2. The summed E-state index contributed by atoms with van der Waals surface area (Å²) in [4.78, 5) is 0.251. The summed E-state index contributed by atoms with van der Waals surface area (Å²) < 4.78 is 25.8. The lowest BCUT2D eigenvalue weighted by Gasteiger charge is -2.31. The van der Waals surface area contributed by atoms with Gasteiger partial charge in [-0.1, -0.05) is 0 Å². The van der Waals surface area contributed by atoms with E-state index in [0.717, 1.165) is 11.5 Å². The van der Waals surface area contributed by atoms with Gasteiger partial charge in [0.15, 0.2) is 0 Å². The standard InChI is InChI=1S/C8H13N3O2S2/c1-7-6-14-3-2-11(7)15(12,13)8-4-9-10-5-8/h4-5,7H,2-3,6H2,1H3,(H,9,10). The molecule has 1 N–H and O–H groups in total. The number of hydrogen-bond acceptors (Lipinski definition) is 4. The van der Waals surface area contributed by atoms with Crippen LogP contribution < -0.4 is 0 Å². The van der Waals surface area contributed by atoms with Crippen LogP contribution in [0.3, 0.4) is 0 Å². The molecule has 1 aromatic rings. The molecule has 1 aliphatic rings. The number of aromatic nitrogens is 2. The number of H-pyrrole nitrogens is 1. The van der Waals surface area contributed by atoms with Crippen LogP contribution >= 0.6 is 11.8 Å². The first-order valence-corrected chi connectivity index (χ1v) is 7.30. The maximum absolute atomic E-state index is 12.1. The topological polar surface area (TPSA) is 66.1 Å². The largest absolute Gasteiger partial charge is 0.284 e. The molecular formula is C8H13N3O2S2. The first kappa shape index (κ1) is 11.0. The second-order valence-corrected chi connectivity index (χ2v) is 6.51. The monoisotopic (exact) mass is 247 g/mol. The highest BCUT2D eigenvalue weighted by Gasteiger charge is 2.31. The molecule has 1 unspecified atom stereocenters. The van der Waals surface area contributed by atoms with Gasteiger partial charge < -0.3 is 0 Å². The minimum Gasteiger partial charge on any atom is -0.284 e. The van der Waals surface area contributed by atoms with Gasteiger partial charge in [0.05, 0.1) is 6.20 Å². The van der Waals surface area contributed by atoms with Crippen LogP contribution in [0.1, 0.15) is 6.92 Å². The summed E-state index contributed by atoms with van der Waals surface area (Å²) in [6.07, 6.45) is 2.77. The van der Waals surface area contributed by atoms with Gasteiger partial charge in [-0.05, 0) is 6.92 Å². The zero-order chi connectivity index (χ0) is 10.9. The second-order valence-electron chi connectivity index (χ2n) is 3.47. The molecule has 2 rings (SSSR count). The van der Waals surface area contributed by atoms with Gasteiger partial charge in [-0.3, -0.25) is 5.10 Å². The van der Waals surface area contributed by atoms with Crippen molar-refractivity contribution < 1.29 is 8.42 Å². The van der Waals surface area contributed by atoms with Gasteiger partial charge in [0.25, 0.3) is 0 Å². The van der Waals surface area contributed by atoms with E-state index in [9.17, 15) is 8.42 Å². The molecule has 84 valence electrons. The lowest BCUT2D eigenvalue weighted by atomic mass is 10.4. The molecule has 7 heteroatoms. The van der Waals surface area contributed by atoms with Crippen molar-refractivity contribution in [2.75, 3.05) is 18.1 Å². The molecule has 5 nitrogen and oxygen atoms in total. The van der Waals surface area contributed by atoms with Crippen molar-refractivity contribution in [2.45, 2.75) is 17.9 Å². The molecule has 0 aromatic carbocycles. The van der Waals surface area contributed by atoms with E-state index in [0.29, 0.717) is 6.54 Å². The van der Waals surface area contributed by atoms with Gasteiger partial charge in [0.2, 0.25) is 10.0 Å². The summed E-state index contributed by atoms with van der Waals surface area (Å²) >= 11 is 1.79.